The Balaban J connectivity index is 1.33. The number of furan rings is 1. The third-order valence-electron chi connectivity index (χ3n) is 5.61. The van der Waals surface area contributed by atoms with E-state index in [0.717, 1.165) is 28.1 Å². The van der Waals surface area contributed by atoms with E-state index in [9.17, 15) is 9.59 Å². The van der Waals surface area contributed by atoms with Gasteiger partial charge in [-0.05, 0) is 47.0 Å². The van der Waals surface area contributed by atoms with Crippen molar-refractivity contribution in [3.8, 4) is 0 Å². The summed E-state index contributed by atoms with van der Waals surface area (Å²) >= 11 is 0. The maximum Gasteiger partial charge on any atom is 0.291 e. The van der Waals surface area contributed by atoms with Gasteiger partial charge in [0.05, 0.1) is 11.3 Å². The molecule has 0 saturated heterocycles. The molecule has 0 spiro atoms. The van der Waals surface area contributed by atoms with Crippen LogP contribution in [0.4, 0.5) is 5.69 Å². The van der Waals surface area contributed by atoms with E-state index in [1.165, 1.54) is 0 Å². The second-order valence-electron chi connectivity index (χ2n) is 7.80. The molecule has 4 aromatic carbocycles. The average molecular weight is 434 g/mol. The van der Waals surface area contributed by atoms with Crippen molar-refractivity contribution in [3.63, 3.8) is 0 Å². The van der Waals surface area contributed by atoms with Gasteiger partial charge in [-0.25, -0.2) is 0 Å². The SMILES string of the molecule is O=C(Nc1ccccc1C(=O)NCCc1ccccc1)c1cc2c(ccc3ccccc32)o1. The molecule has 162 valence electrons. The van der Waals surface area contributed by atoms with Crippen molar-refractivity contribution in [1.29, 1.82) is 0 Å². The van der Waals surface area contributed by atoms with Gasteiger partial charge in [-0.3, -0.25) is 9.59 Å². The topological polar surface area (TPSA) is 71.3 Å². The Morgan fingerprint density at radius 1 is 0.727 bits per heavy atom. The molecule has 0 aliphatic carbocycles. The maximum absolute atomic E-state index is 13.0. The predicted octanol–water partition coefficient (Wildman–Crippen LogP) is 5.81. The number of fused-ring (bicyclic) bond motifs is 3. The Bertz CT molecular complexity index is 1450. The largest absolute Gasteiger partial charge is 0.451 e. The molecule has 1 aromatic heterocycles. The summed E-state index contributed by atoms with van der Waals surface area (Å²) in [5.74, 6) is -0.446. The molecule has 33 heavy (non-hydrogen) atoms. The van der Waals surface area contributed by atoms with Gasteiger partial charge in [0.25, 0.3) is 11.8 Å². The van der Waals surface area contributed by atoms with Crippen LogP contribution in [0.15, 0.2) is 101 Å². The van der Waals surface area contributed by atoms with E-state index >= 15 is 0 Å². The Kier molecular flexibility index (Phi) is 5.60. The fraction of sp³-hybridized carbons (Fsp3) is 0.0714. The molecule has 5 heteroatoms. The van der Waals surface area contributed by atoms with Gasteiger partial charge < -0.3 is 15.1 Å². The second kappa shape index (κ2) is 9.01. The Morgan fingerprint density at radius 3 is 2.36 bits per heavy atom. The smallest absolute Gasteiger partial charge is 0.291 e. The number of rotatable bonds is 6. The van der Waals surface area contributed by atoms with Crippen LogP contribution in [-0.4, -0.2) is 18.4 Å². The summed E-state index contributed by atoms with van der Waals surface area (Å²) in [6.45, 7) is 0.502. The van der Waals surface area contributed by atoms with Gasteiger partial charge in [0.2, 0.25) is 0 Å². The number of benzene rings is 4. The number of nitrogens with one attached hydrogen (secondary N) is 2. The lowest BCUT2D eigenvalue weighted by Gasteiger charge is -2.11. The fourth-order valence-electron chi connectivity index (χ4n) is 3.94. The van der Waals surface area contributed by atoms with Gasteiger partial charge in [0.1, 0.15) is 5.58 Å². The maximum atomic E-state index is 13.0. The van der Waals surface area contributed by atoms with E-state index < -0.39 is 5.91 Å². The molecule has 2 N–H and O–H groups in total. The van der Waals surface area contributed by atoms with Crippen LogP contribution in [0.5, 0.6) is 0 Å². The summed E-state index contributed by atoms with van der Waals surface area (Å²) in [5.41, 5.74) is 2.63. The lowest BCUT2D eigenvalue weighted by molar-refractivity contribution is 0.0955. The summed E-state index contributed by atoms with van der Waals surface area (Å²) in [4.78, 5) is 25.7. The Labute approximate surface area is 191 Å². The first kappa shape index (κ1) is 20.5. The van der Waals surface area contributed by atoms with Gasteiger partial charge in [-0.15, -0.1) is 0 Å². The zero-order valence-corrected chi connectivity index (χ0v) is 17.9. The highest BCUT2D eigenvalue weighted by atomic mass is 16.3. The predicted molar refractivity (Wildman–Crippen MR) is 131 cm³/mol. The molecule has 0 radical (unpaired) electrons. The quantitative estimate of drug-likeness (QED) is 0.354. The summed E-state index contributed by atoms with van der Waals surface area (Å²) in [6, 6.07) is 30.5. The standard InChI is InChI=1S/C28H22N2O3/c31-27(29-17-16-19-8-2-1-3-9-19)22-12-6-7-13-24(22)30-28(32)26-18-23-21-11-5-4-10-20(21)14-15-25(23)33-26/h1-15,18H,16-17H2,(H,29,31)(H,30,32). The molecule has 5 nitrogen and oxygen atoms in total. The zero-order valence-electron chi connectivity index (χ0n) is 17.9. The van der Waals surface area contributed by atoms with E-state index in [2.05, 4.69) is 10.6 Å². The molecule has 0 aliphatic heterocycles. The molecule has 0 fully saturated rings. The van der Waals surface area contributed by atoms with E-state index in [-0.39, 0.29) is 11.7 Å². The van der Waals surface area contributed by atoms with Crippen LogP contribution in [0.2, 0.25) is 0 Å². The summed E-state index contributed by atoms with van der Waals surface area (Å²) < 4.78 is 5.81. The zero-order chi connectivity index (χ0) is 22.6. The van der Waals surface area contributed by atoms with Crippen LogP contribution in [-0.2, 0) is 6.42 Å². The van der Waals surface area contributed by atoms with Crippen LogP contribution >= 0.6 is 0 Å². The summed E-state index contributed by atoms with van der Waals surface area (Å²) in [6.07, 6.45) is 0.730. The highest BCUT2D eigenvalue weighted by Gasteiger charge is 2.17. The number of hydrogen-bond acceptors (Lipinski definition) is 3. The molecule has 0 aliphatic rings. The number of anilines is 1. The second-order valence-corrected chi connectivity index (χ2v) is 7.80. The molecule has 2 amide bonds. The van der Waals surface area contributed by atoms with Gasteiger partial charge in [0, 0.05) is 11.9 Å². The van der Waals surface area contributed by atoms with Crippen molar-refractivity contribution in [3.05, 3.63) is 114 Å². The summed E-state index contributed by atoms with van der Waals surface area (Å²) in [7, 11) is 0. The van der Waals surface area contributed by atoms with E-state index in [0.29, 0.717) is 23.4 Å². The van der Waals surface area contributed by atoms with Crippen molar-refractivity contribution in [1.82, 2.24) is 5.32 Å². The number of carbonyl (C=O) groups is 2. The Morgan fingerprint density at radius 2 is 1.48 bits per heavy atom. The number of carbonyl (C=O) groups excluding carboxylic acids is 2. The molecule has 5 aromatic rings. The van der Waals surface area contributed by atoms with E-state index in [1.54, 1.807) is 30.3 Å². The average Bonchev–Trinajstić information content (AvgIpc) is 3.30. The van der Waals surface area contributed by atoms with E-state index in [4.69, 9.17) is 4.42 Å². The number of para-hydroxylation sites is 1. The number of amides is 2. The van der Waals surface area contributed by atoms with Gasteiger partial charge in [-0.1, -0.05) is 72.8 Å². The van der Waals surface area contributed by atoms with Gasteiger partial charge >= 0.3 is 0 Å². The Hall–Kier alpha value is -4.38. The van der Waals surface area contributed by atoms with Gasteiger partial charge in [-0.2, -0.15) is 0 Å². The first-order valence-electron chi connectivity index (χ1n) is 10.8. The molecule has 0 bridgehead atoms. The minimum absolute atomic E-state index is 0.195. The molecular formula is C28H22N2O3. The fourth-order valence-corrected chi connectivity index (χ4v) is 3.94. The lowest BCUT2D eigenvalue weighted by atomic mass is 10.1. The van der Waals surface area contributed by atoms with Crippen molar-refractivity contribution in [2.24, 2.45) is 0 Å². The lowest BCUT2D eigenvalue weighted by Crippen LogP contribution is -2.27. The third-order valence-corrected chi connectivity index (χ3v) is 5.61. The molecule has 0 saturated carbocycles. The molecule has 0 unspecified atom stereocenters. The first-order valence-corrected chi connectivity index (χ1v) is 10.8. The minimum atomic E-state index is -0.403. The van der Waals surface area contributed by atoms with E-state index in [1.807, 2.05) is 66.7 Å². The third kappa shape index (κ3) is 4.34. The molecule has 0 atom stereocenters. The molecular weight excluding hydrogens is 412 g/mol. The van der Waals surface area contributed by atoms with Crippen molar-refractivity contribution in [2.45, 2.75) is 6.42 Å². The van der Waals surface area contributed by atoms with Crippen LogP contribution < -0.4 is 10.6 Å². The molecule has 1 heterocycles. The highest BCUT2D eigenvalue weighted by Crippen LogP contribution is 2.28. The first-order chi connectivity index (χ1) is 16.2. The van der Waals surface area contributed by atoms with Crippen LogP contribution in [0.1, 0.15) is 26.5 Å². The van der Waals surface area contributed by atoms with Crippen LogP contribution in [0.3, 0.4) is 0 Å². The minimum Gasteiger partial charge on any atom is -0.451 e. The normalized spacial score (nSPS) is 10.9. The monoisotopic (exact) mass is 434 g/mol. The van der Waals surface area contributed by atoms with Crippen LogP contribution in [0.25, 0.3) is 21.7 Å². The molecule has 5 rings (SSSR count). The summed E-state index contributed by atoms with van der Waals surface area (Å²) in [5, 5.41) is 8.74. The van der Waals surface area contributed by atoms with Crippen molar-refractivity contribution in [2.75, 3.05) is 11.9 Å². The highest BCUT2D eigenvalue weighted by molar-refractivity contribution is 6.12. The number of hydrogen-bond donors (Lipinski definition) is 2. The van der Waals surface area contributed by atoms with Crippen molar-refractivity contribution >= 4 is 39.2 Å². The van der Waals surface area contributed by atoms with Crippen LogP contribution in [0, 0.1) is 0 Å². The van der Waals surface area contributed by atoms with Gasteiger partial charge in [0.15, 0.2) is 5.76 Å². The van der Waals surface area contributed by atoms with Crippen molar-refractivity contribution < 1.29 is 14.0 Å².